The highest BCUT2D eigenvalue weighted by atomic mass is 14.7. The lowest BCUT2D eigenvalue weighted by atomic mass is 10.3. The topological polar surface area (TPSA) is 12.4 Å². The van der Waals surface area contributed by atoms with Crippen molar-refractivity contribution in [2.24, 2.45) is 4.99 Å². The largest absolute Gasteiger partial charge is 0.267 e. The minimum absolute atomic E-state index is 1.11. The highest BCUT2D eigenvalue weighted by Gasteiger charge is 1.71. The number of hydrogen-bond acceptors (Lipinski definition) is 1. The Balaban J connectivity index is 0. The van der Waals surface area contributed by atoms with E-state index in [1.165, 1.54) is 12.8 Å². The molecule has 0 atom stereocenters. The first-order valence-corrected chi connectivity index (χ1v) is 4.84. The standard InChI is InChI=1S/C8H15N.C3H8/c1-4-5-6-7-9-8(2)3;1-3-2/h6-7H,4-5H2,1-3H3;3H2,1-2H3/b7-6-;. The second kappa shape index (κ2) is 13.0. The lowest BCUT2D eigenvalue weighted by Crippen LogP contribution is -1.74. The van der Waals surface area contributed by atoms with Crippen LogP contribution in [0.3, 0.4) is 0 Å². The Bertz CT molecular complexity index is 119. The second-order valence-corrected chi connectivity index (χ2v) is 2.96. The average molecular weight is 169 g/mol. The lowest BCUT2D eigenvalue weighted by molar-refractivity contribution is 0.956. The molecular weight excluding hydrogens is 146 g/mol. The van der Waals surface area contributed by atoms with E-state index < -0.39 is 0 Å². The van der Waals surface area contributed by atoms with E-state index in [0.717, 1.165) is 12.1 Å². The van der Waals surface area contributed by atoms with Crippen LogP contribution in [-0.2, 0) is 0 Å². The van der Waals surface area contributed by atoms with Crippen molar-refractivity contribution >= 4 is 5.71 Å². The van der Waals surface area contributed by atoms with Gasteiger partial charge in [0, 0.05) is 11.9 Å². The van der Waals surface area contributed by atoms with E-state index >= 15 is 0 Å². The van der Waals surface area contributed by atoms with Gasteiger partial charge in [0.05, 0.1) is 0 Å². The van der Waals surface area contributed by atoms with E-state index in [2.05, 4.69) is 31.8 Å². The summed E-state index contributed by atoms with van der Waals surface area (Å²) in [5.74, 6) is 0. The van der Waals surface area contributed by atoms with Crippen LogP contribution >= 0.6 is 0 Å². The number of allylic oxidation sites excluding steroid dienone is 1. The molecule has 12 heavy (non-hydrogen) atoms. The number of rotatable bonds is 3. The van der Waals surface area contributed by atoms with E-state index in [1.54, 1.807) is 0 Å². The molecule has 0 saturated heterocycles. The summed E-state index contributed by atoms with van der Waals surface area (Å²) >= 11 is 0. The third kappa shape index (κ3) is 22.7. The van der Waals surface area contributed by atoms with E-state index in [9.17, 15) is 0 Å². The van der Waals surface area contributed by atoms with Crippen molar-refractivity contribution in [3.05, 3.63) is 12.3 Å². The highest BCUT2D eigenvalue weighted by molar-refractivity contribution is 5.79. The van der Waals surface area contributed by atoms with Gasteiger partial charge >= 0.3 is 0 Å². The Morgan fingerprint density at radius 1 is 1.17 bits per heavy atom. The zero-order valence-corrected chi connectivity index (χ0v) is 9.22. The van der Waals surface area contributed by atoms with Crippen molar-refractivity contribution in [3.8, 4) is 0 Å². The molecule has 0 unspecified atom stereocenters. The summed E-state index contributed by atoms with van der Waals surface area (Å²) in [6, 6.07) is 0. The van der Waals surface area contributed by atoms with Gasteiger partial charge in [-0.3, -0.25) is 4.99 Å². The van der Waals surface area contributed by atoms with E-state index in [4.69, 9.17) is 0 Å². The van der Waals surface area contributed by atoms with Crippen LogP contribution in [0, 0.1) is 0 Å². The van der Waals surface area contributed by atoms with Crippen LogP contribution in [0.25, 0.3) is 0 Å². The van der Waals surface area contributed by atoms with Gasteiger partial charge in [-0.25, -0.2) is 0 Å². The van der Waals surface area contributed by atoms with Gasteiger partial charge in [0.1, 0.15) is 0 Å². The first kappa shape index (κ1) is 14.0. The first-order valence-electron chi connectivity index (χ1n) is 4.84. The van der Waals surface area contributed by atoms with Gasteiger partial charge in [-0.15, -0.1) is 0 Å². The van der Waals surface area contributed by atoms with Crippen molar-refractivity contribution in [1.29, 1.82) is 0 Å². The average Bonchev–Trinajstić information content (AvgIpc) is 1.99. The summed E-state index contributed by atoms with van der Waals surface area (Å²) in [7, 11) is 0. The summed E-state index contributed by atoms with van der Waals surface area (Å²) in [6.07, 6.45) is 7.55. The van der Waals surface area contributed by atoms with Crippen LogP contribution in [-0.4, -0.2) is 5.71 Å². The Morgan fingerprint density at radius 3 is 2.00 bits per heavy atom. The molecule has 0 rings (SSSR count). The fourth-order valence-electron chi connectivity index (χ4n) is 0.443. The van der Waals surface area contributed by atoms with Gasteiger partial charge in [0.25, 0.3) is 0 Å². The quantitative estimate of drug-likeness (QED) is 0.561. The molecule has 0 bridgehead atoms. The molecule has 0 aromatic carbocycles. The fourth-order valence-corrected chi connectivity index (χ4v) is 0.443. The van der Waals surface area contributed by atoms with E-state index in [-0.39, 0.29) is 0 Å². The van der Waals surface area contributed by atoms with Crippen LogP contribution in [0.5, 0.6) is 0 Å². The minimum Gasteiger partial charge on any atom is -0.267 e. The number of unbranched alkanes of at least 4 members (excludes halogenated alkanes) is 1. The molecule has 0 amide bonds. The van der Waals surface area contributed by atoms with Crippen molar-refractivity contribution in [2.75, 3.05) is 0 Å². The zero-order valence-electron chi connectivity index (χ0n) is 9.22. The molecule has 72 valence electrons. The predicted molar refractivity (Wildman–Crippen MR) is 58.8 cm³/mol. The van der Waals surface area contributed by atoms with Gasteiger partial charge in [-0.1, -0.05) is 39.7 Å². The molecule has 0 aromatic heterocycles. The van der Waals surface area contributed by atoms with Gasteiger partial charge in [0.15, 0.2) is 0 Å². The fraction of sp³-hybridized carbons (Fsp3) is 0.727. The van der Waals surface area contributed by atoms with Gasteiger partial charge < -0.3 is 0 Å². The van der Waals surface area contributed by atoms with Crippen LogP contribution < -0.4 is 0 Å². The molecule has 1 nitrogen and oxygen atoms in total. The molecule has 0 heterocycles. The molecule has 0 aliphatic heterocycles. The van der Waals surface area contributed by atoms with Crippen molar-refractivity contribution in [3.63, 3.8) is 0 Å². The number of aliphatic imine (C=N–C) groups is 1. The normalized spacial score (nSPS) is 9.08. The van der Waals surface area contributed by atoms with Gasteiger partial charge in [-0.2, -0.15) is 0 Å². The van der Waals surface area contributed by atoms with E-state index in [0.29, 0.717) is 0 Å². The SMILES string of the molecule is CCC.CCC/C=C\N=C(C)C. The molecule has 0 radical (unpaired) electrons. The number of hydrogen-bond donors (Lipinski definition) is 0. The Kier molecular flexibility index (Phi) is 15.2. The minimum atomic E-state index is 1.11. The Morgan fingerprint density at radius 2 is 1.67 bits per heavy atom. The summed E-state index contributed by atoms with van der Waals surface area (Å²) < 4.78 is 0. The maximum atomic E-state index is 4.10. The summed E-state index contributed by atoms with van der Waals surface area (Å²) in [6.45, 7) is 10.4. The van der Waals surface area contributed by atoms with Crippen molar-refractivity contribution in [2.45, 2.75) is 53.9 Å². The molecule has 0 aliphatic carbocycles. The molecule has 0 spiro atoms. The molecule has 1 heteroatoms. The molecular formula is C11H23N. The van der Waals surface area contributed by atoms with Gasteiger partial charge in [0.2, 0.25) is 0 Å². The summed E-state index contributed by atoms with van der Waals surface area (Å²) in [4.78, 5) is 4.10. The molecule has 0 aromatic rings. The van der Waals surface area contributed by atoms with Crippen LogP contribution in [0.1, 0.15) is 53.9 Å². The molecule has 0 fully saturated rings. The highest BCUT2D eigenvalue weighted by Crippen LogP contribution is 1.88. The smallest absolute Gasteiger partial charge is 0.0226 e. The summed E-state index contributed by atoms with van der Waals surface area (Å²) in [5, 5.41) is 0. The van der Waals surface area contributed by atoms with Crippen LogP contribution in [0.4, 0.5) is 0 Å². The maximum absolute atomic E-state index is 4.10. The van der Waals surface area contributed by atoms with Crippen molar-refractivity contribution in [1.82, 2.24) is 0 Å². The van der Waals surface area contributed by atoms with Crippen LogP contribution in [0.15, 0.2) is 17.3 Å². The Hall–Kier alpha value is -0.590. The molecule has 0 aliphatic rings. The third-order valence-corrected chi connectivity index (χ3v) is 0.893. The molecule has 0 N–H and O–H groups in total. The predicted octanol–water partition coefficient (Wildman–Crippen LogP) is 4.20. The maximum Gasteiger partial charge on any atom is 0.0226 e. The lowest BCUT2D eigenvalue weighted by Gasteiger charge is -1.82. The molecule has 0 saturated carbocycles. The zero-order chi connectivity index (χ0) is 9.82. The van der Waals surface area contributed by atoms with Crippen LogP contribution in [0.2, 0.25) is 0 Å². The first-order chi connectivity index (χ1) is 5.68. The second-order valence-electron chi connectivity index (χ2n) is 2.96. The third-order valence-electron chi connectivity index (χ3n) is 0.893. The summed E-state index contributed by atoms with van der Waals surface area (Å²) in [5.41, 5.74) is 1.11. The Labute approximate surface area is 77.6 Å². The number of nitrogens with zero attached hydrogens (tertiary/aromatic N) is 1. The van der Waals surface area contributed by atoms with Crippen molar-refractivity contribution < 1.29 is 0 Å². The monoisotopic (exact) mass is 169 g/mol. The van der Waals surface area contributed by atoms with E-state index in [1.807, 2.05) is 20.0 Å². The van der Waals surface area contributed by atoms with Gasteiger partial charge in [-0.05, 0) is 20.3 Å².